The van der Waals surface area contributed by atoms with E-state index in [0.29, 0.717) is 11.3 Å². The van der Waals surface area contributed by atoms with Crippen LogP contribution in [0.4, 0.5) is 14.9 Å². The third kappa shape index (κ3) is 1.93. The number of nitrogens with zero attached hydrogens (tertiary/aromatic N) is 1. The van der Waals surface area contributed by atoms with Crippen molar-refractivity contribution in [3.8, 4) is 0 Å². The smallest absolute Gasteiger partial charge is 0.414 e. The Bertz CT molecular complexity index is 531. The summed E-state index contributed by atoms with van der Waals surface area (Å²) in [5.74, 6) is -0.523. The second kappa shape index (κ2) is 3.92. The molecular weight excluding hydrogens is 233 g/mol. The number of carbonyl (C=O) groups excluding carboxylic acids is 1. The first-order chi connectivity index (χ1) is 8.25. The van der Waals surface area contributed by atoms with Gasteiger partial charge >= 0.3 is 12.0 Å². The van der Waals surface area contributed by atoms with Gasteiger partial charge in [-0.2, -0.15) is 4.79 Å². The molecule has 1 aliphatic rings. The van der Waals surface area contributed by atoms with Crippen molar-refractivity contribution in [1.82, 2.24) is 4.48 Å². The molecule has 2 rings (SSSR count). The van der Waals surface area contributed by atoms with Gasteiger partial charge in [-0.05, 0) is 26.8 Å². The number of para-hydroxylation sites is 1. The molecule has 18 heavy (non-hydrogen) atoms. The maximum Gasteiger partial charge on any atom is 0.528 e. The molecule has 0 aliphatic carbocycles. The van der Waals surface area contributed by atoms with E-state index in [0.717, 1.165) is 0 Å². The highest BCUT2D eigenvalue weighted by Gasteiger charge is 2.48. The number of hydrogen-bond acceptors (Lipinski definition) is 2. The number of benzene rings is 1. The van der Waals surface area contributed by atoms with E-state index in [9.17, 15) is 9.18 Å². The van der Waals surface area contributed by atoms with Crippen LogP contribution in [0.1, 0.15) is 26.3 Å². The zero-order chi connectivity index (χ0) is 13.6. The molecule has 1 amide bonds. The van der Waals surface area contributed by atoms with E-state index in [4.69, 9.17) is 4.74 Å². The van der Waals surface area contributed by atoms with Crippen LogP contribution in [-0.4, -0.2) is 18.7 Å². The number of carbonyl (C=O) groups is 1. The Morgan fingerprint density at radius 2 is 1.89 bits per heavy atom. The molecule has 1 atom stereocenters. The van der Waals surface area contributed by atoms with Crippen molar-refractivity contribution in [1.29, 1.82) is 0 Å². The standard InChI is InChI=1S/C14H17FNO2/c1-14(2,3)18-13(17)16(4)11-8-6-5-7-10(11)9-12(16)15/h5-9H,1-4H3/q+1/t16-/m1/s1. The topological polar surface area (TPSA) is 26.3 Å². The first-order valence-corrected chi connectivity index (χ1v) is 5.82. The summed E-state index contributed by atoms with van der Waals surface area (Å²) in [6.07, 6.45) is 0.764. The lowest BCUT2D eigenvalue weighted by atomic mass is 10.2. The number of quaternary nitrogens is 1. The molecule has 0 spiro atoms. The second-order valence-corrected chi connectivity index (χ2v) is 5.51. The number of hydrogen-bond donors (Lipinski definition) is 0. The van der Waals surface area contributed by atoms with Gasteiger partial charge in [0, 0.05) is 17.7 Å². The van der Waals surface area contributed by atoms with Crippen molar-refractivity contribution < 1.29 is 13.9 Å². The van der Waals surface area contributed by atoms with Crippen LogP contribution in [0.25, 0.3) is 6.08 Å². The summed E-state index contributed by atoms with van der Waals surface area (Å²) >= 11 is 0. The van der Waals surface area contributed by atoms with Gasteiger partial charge in [0.05, 0.1) is 7.05 Å². The van der Waals surface area contributed by atoms with Crippen molar-refractivity contribution >= 4 is 17.9 Å². The van der Waals surface area contributed by atoms with Crippen LogP contribution < -0.4 is 4.48 Å². The summed E-state index contributed by atoms with van der Waals surface area (Å²) in [4.78, 5) is 12.2. The fourth-order valence-electron chi connectivity index (χ4n) is 1.93. The van der Waals surface area contributed by atoms with Gasteiger partial charge in [-0.15, -0.1) is 8.87 Å². The summed E-state index contributed by atoms with van der Waals surface area (Å²) in [6, 6.07) is 7.12. The zero-order valence-corrected chi connectivity index (χ0v) is 11.0. The normalized spacial score (nSPS) is 22.4. The molecule has 0 saturated heterocycles. The predicted molar refractivity (Wildman–Crippen MR) is 69.5 cm³/mol. The highest BCUT2D eigenvalue weighted by molar-refractivity contribution is 5.92. The minimum absolute atomic E-state index is 0.523. The summed E-state index contributed by atoms with van der Waals surface area (Å²) < 4.78 is 18.9. The fourth-order valence-corrected chi connectivity index (χ4v) is 1.93. The second-order valence-electron chi connectivity index (χ2n) is 5.51. The van der Waals surface area contributed by atoms with Crippen LogP contribution >= 0.6 is 0 Å². The van der Waals surface area contributed by atoms with Crippen LogP contribution in [0.2, 0.25) is 0 Å². The van der Waals surface area contributed by atoms with Gasteiger partial charge in [-0.3, -0.25) is 0 Å². The Balaban J connectivity index is 2.43. The Hall–Kier alpha value is -1.68. The third-order valence-corrected chi connectivity index (χ3v) is 2.88. The van der Waals surface area contributed by atoms with Gasteiger partial charge in [0.2, 0.25) is 0 Å². The lowest BCUT2D eigenvalue weighted by Gasteiger charge is -2.28. The fraction of sp³-hybridized carbons (Fsp3) is 0.357. The molecule has 1 aromatic rings. The average Bonchev–Trinajstić information content (AvgIpc) is 2.51. The number of halogens is 1. The van der Waals surface area contributed by atoms with E-state index in [1.165, 1.54) is 13.1 Å². The summed E-state index contributed by atoms with van der Waals surface area (Å²) in [5, 5.41) is 0. The van der Waals surface area contributed by atoms with Gasteiger partial charge in [0.1, 0.15) is 5.60 Å². The molecule has 0 unspecified atom stereocenters. The Morgan fingerprint density at radius 3 is 2.50 bits per heavy atom. The number of amides is 1. The van der Waals surface area contributed by atoms with Gasteiger partial charge in [-0.1, -0.05) is 12.1 Å². The van der Waals surface area contributed by atoms with Crippen LogP contribution in [0.3, 0.4) is 0 Å². The van der Waals surface area contributed by atoms with Crippen LogP contribution in [0.5, 0.6) is 0 Å². The Kier molecular flexibility index (Phi) is 2.78. The lowest BCUT2D eigenvalue weighted by Crippen LogP contribution is -2.49. The molecule has 0 bridgehead atoms. The number of rotatable bonds is 0. The molecule has 4 heteroatoms. The van der Waals surface area contributed by atoms with Gasteiger partial charge in [-0.25, -0.2) is 0 Å². The molecular formula is C14H17FNO2+. The molecule has 1 aromatic carbocycles. The van der Waals surface area contributed by atoms with Crippen LogP contribution in [0.15, 0.2) is 30.2 Å². The van der Waals surface area contributed by atoms with E-state index >= 15 is 0 Å². The maximum atomic E-state index is 14.1. The quantitative estimate of drug-likeness (QED) is 0.516. The Morgan fingerprint density at radius 1 is 1.28 bits per heavy atom. The monoisotopic (exact) mass is 250 g/mol. The molecule has 0 radical (unpaired) electrons. The maximum absolute atomic E-state index is 14.1. The minimum Gasteiger partial charge on any atom is -0.414 e. The molecule has 0 N–H and O–H groups in total. The third-order valence-electron chi connectivity index (χ3n) is 2.88. The molecule has 0 fully saturated rings. The van der Waals surface area contributed by atoms with Crippen molar-refractivity contribution in [3.63, 3.8) is 0 Å². The van der Waals surface area contributed by atoms with Crippen molar-refractivity contribution in [2.45, 2.75) is 26.4 Å². The number of fused-ring (bicyclic) bond motifs is 1. The van der Waals surface area contributed by atoms with Crippen molar-refractivity contribution in [2.75, 3.05) is 7.05 Å². The average molecular weight is 250 g/mol. The Labute approximate surface area is 106 Å². The van der Waals surface area contributed by atoms with E-state index in [1.54, 1.807) is 39.0 Å². The van der Waals surface area contributed by atoms with Crippen molar-refractivity contribution in [2.24, 2.45) is 0 Å². The number of ether oxygens (including phenoxy) is 1. The minimum atomic E-state index is -0.643. The van der Waals surface area contributed by atoms with Crippen molar-refractivity contribution in [3.05, 3.63) is 35.8 Å². The lowest BCUT2D eigenvalue weighted by molar-refractivity contribution is 0.0333. The first kappa shape index (κ1) is 12.8. The van der Waals surface area contributed by atoms with E-state index in [1.807, 2.05) is 6.07 Å². The molecule has 1 aliphatic heterocycles. The highest BCUT2D eigenvalue weighted by atomic mass is 19.1. The summed E-state index contributed by atoms with van der Waals surface area (Å²) in [7, 11) is 1.51. The predicted octanol–water partition coefficient (Wildman–Crippen LogP) is 3.84. The largest absolute Gasteiger partial charge is 0.528 e. The zero-order valence-electron chi connectivity index (χ0n) is 11.0. The van der Waals surface area contributed by atoms with E-state index in [-0.39, 0.29) is 0 Å². The van der Waals surface area contributed by atoms with E-state index in [2.05, 4.69) is 0 Å². The molecule has 3 nitrogen and oxygen atoms in total. The van der Waals surface area contributed by atoms with Gasteiger partial charge < -0.3 is 4.74 Å². The SMILES string of the molecule is CC(C)(C)OC(=O)[N@@+]1(C)C(F)=Cc2ccccc21. The molecule has 96 valence electrons. The van der Waals surface area contributed by atoms with Crippen LogP contribution in [-0.2, 0) is 4.74 Å². The van der Waals surface area contributed by atoms with Gasteiger partial charge in [0.15, 0.2) is 5.69 Å². The first-order valence-electron chi connectivity index (χ1n) is 5.82. The summed E-state index contributed by atoms with van der Waals surface area (Å²) in [5.41, 5.74) is 0.670. The molecule has 0 saturated carbocycles. The molecule has 0 aromatic heterocycles. The molecule has 1 heterocycles. The van der Waals surface area contributed by atoms with Crippen LogP contribution in [0, 0.1) is 0 Å². The van der Waals surface area contributed by atoms with Gasteiger partial charge in [0.25, 0.3) is 0 Å². The summed E-state index contributed by atoms with van der Waals surface area (Å²) in [6.45, 7) is 5.29. The highest BCUT2D eigenvalue weighted by Crippen LogP contribution is 2.40. The van der Waals surface area contributed by atoms with E-state index < -0.39 is 22.1 Å².